The van der Waals surface area contributed by atoms with E-state index in [1.807, 2.05) is 72.9 Å². The topological polar surface area (TPSA) is 56.9 Å². The van der Waals surface area contributed by atoms with Crippen molar-refractivity contribution < 1.29 is 4.79 Å². The smallest absolute Gasteiger partial charge is 0.253 e. The molecule has 4 aromatic rings. The third-order valence-corrected chi connectivity index (χ3v) is 4.74. The highest BCUT2D eigenvalue weighted by Gasteiger charge is 2.11. The molecule has 139 valence electrons. The summed E-state index contributed by atoms with van der Waals surface area (Å²) >= 11 is 0. The third kappa shape index (κ3) is 3.91. The van der Waals surface area contributed by atoms with Crippen LogP contribution in [0.5, 0.6) is 0 Å². The highest BCUT2D eigenvalue weighted by molar-refractivity contribution is 6.00. The largest absolute Gasteiger partial charge is 0.361 e. The average Bonchev–Trinajstić information content (AvgIpc) is 3.11. The van der Waals surface area contributed by atoms with Crippen molar-refractivity contribution >= 4 is 28.2 Å². The summed E-state index contributed by atoms with van der Waals surface area (Å²) in [5.41, 5.74) is 5.62. The number of H-pyrrole nitrogens is 1. The number of carbonyl (C=O) groups is 1. The summed E-state index contributed by atoms with van der Waals surface area (Å²) in [6.45, 7) is 4.56. The quantitative estimate of drug-likeness (QED) is 0.445. The fourth-order valence-electron chi connectivity index (χ4n) is 3.31. The van der Waals surface area contributed by atoms with E-state index < -0.39 is 0 Å². The Kier molecular flexibility index (Phi) is 5.11. The Labute approximate surface area is 164 Å². The Morgan fingerprint density at radius 1 is 0.964 bits per heavy atom. The van der Waals surface area contributed by atoms with E-state index in [0.717, 1.165) is 34.3 Å². The van der Waals surface area contributed by atoms with Crippen LogP contribution in [0.1, 0.15) is 21.5 Å². The standard InChI is InChI=1S/C24H22N3O/c1-17-11-12-22-21(15-17)18(16-26-22)13-14-25-24(28)20-9-5-6-10-23(20)27-19-7-3-2-4-8-19/h2-12,15-16,26-27H,1,13-14H2,(H,25,28). The predicted molar refractivity (Wildman–Crippen MR) is 115 cm³/mol. The van der Waals surface area contributed by atoms with Crippen LogP contribution < -0.4 is 10.6 Å². The molecule has 0 fully saturated rings. The summed E-state index contributed by atoms with van der Waals surface area (Å²) in [4.78, 5) is 16.0. The van der Waals surface area contributed by atoms with Gasteiger partial charge in [-0.1, -0.05) is 36.4 Å². The Hall–Kier alpha value is -3.53. The van der Waals surface area contributed by atoms with Crippen molar-refractivity contribution in [1.82, 2.24) is 10.3 Å². The predicted octanol–water partition coefficient (Wildman–Crippen LogP) is 5.07. The van der Waals surface area contributed by atoms with E-state index in [1.54, 1.807) is 0 Å². The lowest BCUT2D eigenvalue weighted by atomic mass is 10.1. The molecule has 1 aromatic heterocycles. The lowest BCUT2D eigenvalue weighted by Gasteiger charge is -2.12. The van der Waals surface area contributed by atoms with Crippen molar-refractivity contribution in [2.45, 2.75) is 6.42 Å². The van der Waals surface area contributed by atoms with Crippen molar-refractivity contribution in [3.8, 4) is 0 Å². The number of para-hydroxylation sites is 2. The Bertz CT molecular complexity index is 1100. The second-order valence-corrected chi connectivity index (χ2v) is 6.74. The van der Waals surface area contributed by atoms with E-state index in [2.05, 4.69) is 28.6 Å². The molecule has 0 bridgehead atoms. The summed E-state index contributed by atoms with van der Waals surface area (Å²) in [6, 6.07) is 23.5. The molecule has 4 heteroatoms. The molecule has 28 heavy (non-hydrogen) atoms. The van der Waals surface area contributed by atoms with E-state index in [9.17, 15) is 4.79 Å². The first-order valence-corrected chi connectivity index (χ1v) is 9.32. The normalized spacial score (nSPS) is 10.8. The molecule has 4 nitrogen and oxygen atoms in total. The highest BCUT2D eigenvalue weighted by Crippen LogP contribution is 2.22. The Morgan fingerprint density at radius 3 is 2.61 bits per heavy atom. The minimum absolute atomic E-state index is 0.0864. The maximum absolute atomic E-state index is 12.7. The minimum atomic E-state index is -0.0864. The van der Waals surface area contributed by atoms with Gasteiger partial charge in [-0.25, -0.2) is 0 Å². The number of carbonyl (C=O) groups excluding carboxylic acids is 1. The van der Waals surface area contributed by atoms with Gasteiger partial charge in [-0.2, -0.15) is 0 Å². The zero-order valence-corrected chi connectivity index (χ0v) is 15.5. The van der Waals surface area contributed by atoms with E-state index in [1.165, 1.54) is 5.56 Å². The highest BCUT2D eigenvalue weighted by atomic mass is 16.1. The fourth-order valence-corrected chi connectivity index (χ4v) is 3.31. The van der Waals surface area contributed by atoms with Crippen LogP contribution >= 0.6 is 0 Å². The minimum Gasteiger partial charge on any atom is -0.361 e. The van der Waals surface area contributed by atoms with Crippen LogP contribution in [-0.2, 0) is 6.42 Å². The average molecular weight is 368 g/mol. The molecule has 1 amide bonds. The van der Waals surface area contributed by atoms with Gasteiger partial charge in [-0.3, -0.25) is 4.79 Å². The van der Waals surface area contributed by atoms with Crippen LogP contribution in [0.15, 0.2) is 79.0 Å². The monoisotopic (exact) mass is 368 g/mol. The molecule has 0 spiro atoms. The number of hydrogen-bond donors (Lipinski definition) is 3. The van der Waals surface area contributed by atoms with Gasteiger partial charge < -0.3 is 15.6 Å². The Balaban J connectivity index is 1.43. The van der Waals surface area contributed by atoms with Crippen molar-refractivity contribution in [2.24, 2.45) is 0 Å². The molecule has 0 saturated heterocycles. The molecule has 4 rings (SSSR count). The lowest BCUT2D eigenvalue weighted by molar-refractivity contribution is 0.0955. The molecule has 0 aliphatic rings. The summed E-state index contributed by atoms with van der Waals surface area (Å²) in [5, 5.41) is 7.51. The molecule has 3 N–H and O–H groups in total. The number of aromatic nitrogens is 1. The summed E-state index contributed by atoms with van der Waals surface area (Å²) in [7, 11) is 0. The first-order chi connectivity index (χ1) is 13.7. The number of anilines is 2. The maximum atomic E-state index is 12.7. The van der Waals surface area contributed by atoms with Crippen LogP contribution in [0.3, 0.4) is 0 Å². The van der Waals surface area contributed by atoms with E-state index in [-0.39, 0.29) is 5.91 Å². The summed E-state index contributed by atoms with van der Waals surface area (Å²) < 4.78 is 0. The van der Waals surface area contributed by atoms with E-state index in [4.69, 9.17) is 0 Å². The number of nitrogens with one attached hydrogen (secondary N) is 3. The van der Waals surface area contributed by atoms with Crippen molar-refractivity contribution in [2.75, 3.05) is 11.9 Å². The number of amides is 1. The van der Waals surface area contributed by atoms with E-state index >= 15 is 0 Å². The van der Waals surface area contributed by atoms with Crippen LogP contribution in [-0.4, -0.2) is 17.4 Å². The van der Waals surface area contributed by atoms with Crippen molar-refractivity contribution in [3.05, 3.63) is 103 Å². The molecule has 1 heterocycles. The number of benzene rings is 3. The molecular weight excluding hydrogens is 346 g/mol. The third-order valence-electron chi connectivity index (χ3n) is 4.74. The first kappa shape index (κ1) is 17.9. The molecule has 0 saturated carbocycles. The van der Waals surface area contributed by atoms with Gasteiger partial charge in [0.1, 0.15) is 0 Å². The maximum Gasteiger partial charge on any atom is 0.253 e. The lowest BCUT2D eigenvalue weighted by Crippen LogP contribution is -2.26. The van der Waals surface area contributed by atoms with Crippen molar-refractivity contribution in [1.29, 1.82) is 0 Å². The number of aromatic amines is 1. The van der Waals surface area contributed by atoms with Gasteiger partial charge in [0.05, 0.1) is 11.3 Å². The second-order valence-electron chi connectivity index (χ2n) is 6.74. The number of hydrogen-bond acceptors (Lipinski definition) is 2. The molecule has 0 aliphatic heterocycles. The molecular formula is C24H22N3O. The first-order valence-electron chi connectivity index (χ1n) is 9.32. The van der Waals surface area contributed by atoms with Gasteiger partial charge in [0.15, 0.2) is 0 Å². The van der Waals surface area contributed by atoms with Gasteiger partial charge in [0.25, 0.3) is 5.91 Å². The van der Waals surface area contributed by atoms with Gasteiger partial charge in [0, 0.05) is 29.3 Å². The Morgan fingerprint density at radius 2 is 1.75 bits per heavy atom. The second kappa shape index (κ2) is 8.01. The van der Waals surface area contributed by atoms with Crippen LogP contribution in [0.2, 0.25) is 0 Å². The van der Waals surface area contributed by atoms with Crippen LogP contribution in [0, 0.1) is 6.92 Å². The van der Waals surface area contributed by atoms with Gasteiger partial charge in [-0.15, -0.1) is 0 Å². The van der Waals surface area contributed by atoms with Gasteiger partial charge in [0.2, 0.25) is 0 Å². The SMILES string of the molecule is [CH2]c1ccc2[nH]cc(CCNC(=O)c3ccccc3Nc3ccccc3)c2c1. The zero-order chi connectivity index (χ0) is 19.3. The van der Waals surface area contributed by atoms with Crippen LogP contribution in [0.4, 0.5) is 11.4 Å². The molecule has 3 aromatic carbocycles. The van der Waals surface area contributed by atoms with Crippen LogP contribution in [0.25, 0.3) is 10.9 Å². The molecule has 0 aliphatic carbocycles. The van der Waals surface area contributed by atoms with Gasteiger partial charge >= 0.3 is 0 Å². The number of rotatable bonds is 6. The number of fused-ring (bicyclic) bond motifs is 1. The summed E-state index contributed by atoms with van der Waals surface area (Å²) in [5.74, 6) is -0.0864. The van der Waals surface area contributed by atoms with E-state index in [0.29, 0.717) is 12.1 Å². The fraction of sp³-hybridized carbons (Fsp3) is 0.0833. The molecule has 0 unspecified atom stereocenters. The zero-order valence-electron chi connectivity index (χ0n) is 15.5. The summed E-state index contributed by atoms with van der Waals surface area (Å²) in [6.07, 6.45) is 2.75. The van der Waals surface area contributed by atoms with Crippen molar-refractivity contribution in [3.63, 3.8) is 0 Å². The van der Waals surface area contributed by atoms with Gasteiger partial charge in [-0.05, 0) is 60.9 Å². The molecule has 1 radical (unpaired) electrons. The molecule has 0 atom stereocenters.